The predicted molar refractivity (Wildman–Crippen MR) is 109 cm³/mol. The Kier molecular flexibility index (Phi) is 10.1. The van der Waals surface area contributed by atoms with Crippen LogP contribution >= 0.6 is 0 Å². The number of nitrogens with zero attached hydrogens (tertiary/aromatic N) is 2. The molecule has 0 spiro atoms. The standard InChI is InChI=1S/C22H42N2O/c1-21(2,3)12-10-8-7-9-11-13-23-14-16-24(17-15-23)18-19-25-20-22(4,5)6/h7,9,11-20H2,1-6H3. The summed E-state index contributed by atoms with van der Waals surface area (Å²) >= 11 is 0. The fraction of sp³-hybridized carbons (Fsp3) is 0.909. The van der Waals surface area contributed by atoms with Crippen LogP contribution in [-0.4, -0.2) is 62.3 Å². The van der Waals surface area contributed by atoms with E-state index in [1.165, 1.54) is 45.6 Å². The molecular formula is C22H42N2O. The summed E-state index contributed by atoms with van der Waals surface area (Å²) in [6, 6.07) is 0. The molecule has 0 bridgehead atoms. The van der Waals surface area contributed by atoms with Gasteiger partial charge in [-0.3, -0.25) is 4.90 Å². The van der Waals surface area contributed by atoms with E-state index in [0.717, 1.165) is 32.6 Å². The van der Waals surface area contributed by atoms with Crippen LogP contribution in [0.15, 0.2) is 0 Å². The third-order valence-electron chi connectivity index (χ3n) is 4.32. The smallest absolute Gasteiger partial charge is 0.0593 e. The molecule has 3 heteroatoms. The maximum Gasteiger partial charge on any atom is 0.0593 e. The second-order valence-electron chi connectivity index (χ2n) is 9.84. The van der Waals surface area contributed by atoms with Crippen LogP contribution in [0, 0.1) is 22.7 Å². The molecule has 0 aromatic carbocycles. The van der Waals surface area contributed by atoms with E-state index in [2.05, 4.69) is 63.2 Å². The zero-order valence-electron chi connectivity index (χ0n) is 17.8. The highest BCUT2D eigenvalue weighted by molar-refractivity contribution is 5.01. The van der Waals surface area contributed by atoms with Crippen molar-refractivity contribution in [2.45, 2.75) is 67.2 Å². The van der Waals surface area contributed by atoms with Gasteiger partial charge in [0.1, 0.15) is 0 Å². The van der Waals surface area contributed by atoms with Crippen molar-refractivity contribution in [2.75, 3.05) is 52.5 Å². The third kappa shape index (κ3) is 13.3. The molecule has 0 N–H and O–H groups in total. The van der Waals surface area contributed by atoms with Gasteiger partial charge in [-0.05, 0) is 30.2 Å². The first-order valence-corrected chi connectivity index (χ1v) is 10.1. The van der Waals surface area contributed by atoms with E-state index >= 15 is 0 Å². The van der Waals surface area contributed by atoms with E-state index in [1.807, 2.05) is 0 Å². The maximum absolute atomic E-state index is 5.79. The van der Waals surface area contributed by atoms with Gasteiger partial charge in [-0.1, -0.05) is 41.5 Å². The molecule has 0 aliphatic carbocycles. The molecule has 0 unspecified atom stereocenters. The second kappa shape index (κ2) is 11.2. The van der Waals surface area contributed by atoms with Crippen LogP contribution < -0.4 is 0 Å². The molecule has 1 aliphatic rings. The van der Waals surface area contributed by atoms with Crippen molar-refractivity contribution in [1.82, 2.24) is 9.80 Å². The molecule has 1 aliphatic heterocycles. The fourth-order valence-electron chi connectivity index (χ4n) is 2.77. The van der Waals surface area contributed by atoms with Gasteiger partial charge < -0.3 is 9.64 Å². The topological polar surface area (TPSA) is 15.7 Å². The molecule has 0 radical (unpaired) electrons. The maximum atomic E-state index is 5.79. The van der Waals surface area contributed by atoms with E-state index in [9.17, 15) is 0 Å². The lowest BCUT2D eigenvalue weighted by atomic mass is 9.93. The van der Waals surface area contributed by atoms with E-state index in [4.69, 9.17) is 4.74 Å². The van der Waals surface area contributed by atoms with Crippen molar-refractivity contribution in [2.24, 2.45) is 10.8 Å². The highest BCUT2D eigenvalue weighted by atomic mass is 16.5. The Morgan fingerprint density at radius 1 is 0.760 bits per heavy atom. The largest absolute Gasteiger partial charge is 0.380 e. The molecule has 1 heterocycles. The summed E-state index contributed by atoms with van der Waals surface area (Å²) in [6.45, 7) is 22.2. The van der Waals surface area contributed by atoms with Gasteiger partial charge in [0.05, 0.1) is 13.2 Å². The van der Waals surface area contributed by atoms with Crippen LogP contribution in [0.2, 0.25) is 0 Å². The monoisotopic (exact) mass is 350 g/mol. The number of rotatable bonds is 8. The van der Waals surface area contributed by atoms with Gasteiger partial charge in [0, 0.05) is 45.6 Å². The lowest BCUT2D eigenvalue weighted by Gasteiger charge is -2.34. The van der Waals surface area contributed by atoms with Crippen LogP contribution in [0.3, 0.4) is 0 Å². The Bertz CT molecular complexity index is 400. The van der Waals surface area contributed by atoms with Gasteiger partial charge >= 0.3 is 0 Å². The second-order valence-corrected chi connectivity index (χ2v) is 9.84. The molecule has 0 amide bonds. The minimum absolute atomic E-state index is 0.274. The fourth-order valence-corrected chi connectivity index (χ4v) is 2.77. The van der Waals surface area contributed by atoms with Crippen LogP contribution in [0.5, 0.6) is 0 Å². The Morgan fingerprint density at radius 3 is 1.92 bits per heavy atom. The van der Waals surface area contributed by atoms with Crippen LogP contribution in [0.25, 0.3) is 0 Å². The molecule has 0 atom stereocenters. The minimum Gasteiger partial charge on any atom is -0.380 e. The highest BCUT2D eigenvalue weighted by Crippen LogP contribution is 2.17. The summed E-state index contributed by atoms with van der Waals surface area (Å²) < 4.78 is 5.79. The molecule has 3 nitrogen and oxygen atoms in total. The third-order valence-corrected chi connectivity index (χ3v) is 4.32. The number of unbranched alkanes of at least 4 members (excludes halogenated alkanes) is 2. The van der Waals surface area contributed by atoms with Crippen molar-refractivity contribution < 1.29 is 4.74 Å². The van der Waals surface area contributed by atoms with Gasteiger partial charge in [0.15, 0.2) is 0 Å². The first-order chi connectivity index (χ1) is 11.7. The number of piperazine rings is 1. The Labute approximate surface area is 157 Å². The van der Waals surface area contributed by atoms with Crippen molar-refractivity contribution in [1.29, 1.82) is 0 Å². The molecule has 0 aromatic rings. The van der Waals surface area contributed by atoms with Crippen molar-refractivity contribution >= 4 is 0 Å². The quantitative estimate of drug-likeness (QED) is 0.480. The number of hydrogen-bond donors (Lipinski definition) is 0. The zero-order chi connectivity index (χ0) is 18.8. The van der Waals surface area contributed by atoms with Crippen LogP contribution in [0.1, 0.15) is 67.2 Å². The van der Waals surface area contributed by atoms with Crippen LogP contribution in [-0.2, 0) is 4.74 Å². The highest BCUT2D eigenvalue weighted by Gasteiger charge is 2.16. The Morgan fingerprint density at radius 2 is 1.36 bits per heavy atom. The molecule has 0 saturated carbocycles. The molecule has 0 aromatic heterocycles. The van der Waals surface area contributed by atoms with Gasteiger partial charge in [0.2, 0.25) is 0 Å². The molecule has 25 heavy (non-hydrogen) atoms. The van der Waals surface area contributed by atoms with Crippen molar-refractivity contribution in [3.63, 3.8) is 0 Å². The van der Waals surface area contributed by atoms with Crippen LogP contribution in [0.4, 0.5) is 0 Å². The SMILES string of the molecule is CC(C)(C)CC#CCCCCN1CCN(CCOCC(C)(C)C)CC1. The van der Waals surface area contributed by atoms with Crippen molar-refractivity contribution in [3.05, 3.63) is 0 Å². The minimum atomic E-state index is 0.274. The summed E-state index contributed by atoms with van der Waals surface area (Å²) in [5.41, 5.74) is 0.611. The van der Waals surface area contributed by atoms with E-state index in [-0.39, 0.29) is 5.41 Å². The van der Waals surface area contributed by atoms with E-state index < -0.39 is 0 Å². The summed E-state index contributed by atoms with van der Waals surface area (Å²) in [6.07, 6.45) is 4.58. The summed E-state index contributed by atoms with van der Waals surface area (Å²) in [7, 11) is 0. The van der Waals surface area contributed by atoms with E-state index in [1.54, 1.807) is 0 Å². The average molecular weight is 351 g/mol. The lowest BCUT2D eigenvalue weighted by molar-refractivity contribution is 0.0424. The normalized spacial score (nSPS) is 17.4. The van der Waals surface area contributed by atoms with E-state index in [0.29, 0.717) is 5.41 Å². The van der Waals surface area contributed by atoms with Gasteiger partial charge in [-0.25, -0.2) is 0 Å². The predicted octanol–water partition coefficient (Wildman–Crippen LogP) is 4.28. The average Bonchev–Trinajstić information content (AvgIpc) is 2.50. The molecular weight excluding hydrogens is 308 g/mol. The summed E-state index contributed by atoms with van der Waals surface area (Å²) in [5.74, 6) is 6.66. The zero-order valence-corrected chi connectivity index (χ0v) is 17.8. The Balaban J connectivity index is 2.00. The van der Waals surface area contributed by atoms with Gasteiger partial charge in [0.25, 0.3) is 0 Å². The number of ether oxygens (including phenoxy) is 1. The summed E-state index contributed by atoms with van der Waals surface area (Å²) in [4.78, 5) is 5.15. The molecule has 1 rings (SSSR count). The molecule has 146 valence electrons. The first kappa shape index (κ1) is 22.5. The van der Waals surface area contributed by atoms with Gasteiger partial charge in [-0.15, -0.1) is 11.8 Å². The van der Waals surface area contributed by atoms with Gasteiger partial charge in [-0.2, -0.15) is 0 Å². The molecule has 1 fully saturated rings. The Hall–Kier alpha value is -0.560. The first-order valence-electron chi connectivity index (χ1n) is 10.1. The molecule has 1 saturated heterocycles. The lowest BCUT2D eigenvalue weighted by Crippen LogP contribution is -2.47. The van der Waals surface area contributed by atoms with Crippen molar-refractivity contribution in [3.8, 4) is 11.8 Å². The summed E-state index contributed by atoms with van der Waals surface area (Å²) in [5, 5.41) is 0. The number of hydrogen-bond acceptors (Lipinski definition) is 3.